The van der Waals surface area contributed by atoms with Gasteiger partial charge in [0.2, 0.25) is 5.91 Å². The molecule has 2 rings (SSSR count). The molecular weight excluding hydrogens is 236 g/mol. The summed E-state index contributed by atoms with van der Waals surface area (Å²) in [6, 6.07) is 9.41. The summed E-state index contributed by atoms with van der Waals surface area (Å²) in [7, 11) is 0. The maximum absolute atomic E-state index is 11.6. The summed E-state index contributed by atoms with van der Waals surface area (Å²) in [5.74, 6) is 0.677. The van der Waals surface area contributed by atoms with Crippen LogP contribution in [0.1, 0.15) is 6.42 Å². The normalized spacial score (nSPS) is 10.1. The van der Waals surface area contributed by atoms with Gasteiger partial charge in [-0.15, -0.1) is 0 Å². The summed E-state index contributed by atoms with van der Waals surface area (Å²) >= 11 is 1.48. The van der Waals surface area contributed by atoms with Gasteiger partial charge in [0.25, 0.3) is 0 Å². The fourth-order valence-electron chi connectivity index (χ4n) is 1.25. The third-order valence-electron chi connectivity index (χ3n) is 2.02. The highest BCUT2D eigenvalue weighted by Crippen LogP contribution is 2.12. The minimum absolute atomic E-state index is 0.00298. The zero-order valence-corrected chi connectivity index (χ0v) is 9.91. The van der Waals surface area contributed by atoms with Crippen molar-refractivity contribution >= 4 is 23.4 Å². The number of nitrogens with one attached hydrogen (secondary N) is 2. The molecule has 0 radical (unpaired) electrons. The van der Waals surface area contributed by atoms with Crippen molar-refractivity contribution in [1.82, 2.24) is 15.2 Å². The first kappa shape index (κ1) is 11.7. The van der Waals surface area contributed by atoms with E-state index < -0.39 is 0 Å². The van der Waals surface area contributed by atoms with Crippen molar-refractivity contribution in [3.05, 3.63) is 36.7 Å². The molecule has 0 unspecified atom stereocenters. The molecule has 17 heavy (non-hydrogen) atoms. The molecular formula is C11H12N4OS. The van der Waals surface area contributed by atoms with Gasteiger partial charge in [-0.05, 0) is 12.1 Å². The Labute approximate surface area is 103 Å². The molecule has 1 amide bonds. The minimum Gasteiger partial charge on any atom is -0.326 e. The van der Waals surface area contributed by atoms with E-state index in [4.69, 9.17) is 0 Å². The predicted molar refractivity (Wildman–Crippen MR) is 66.8 cm³/mol. The second-order valence-electron chi connectivity index (χ2n) is 3.30. The van der Waals surface area contributed by atoms with Crippen LogP contribution in [0.2, 0.25) is 0 Å². The molecule has 0 fully saturated rings. The van der Waals surface area contributed by atoms with Gasteiger partial charge in [-0.3, -0.25) is 9.89 Å². The third kappa shape index (κ3) is 3.92. The first-order valence-corrected chi connectivity index (χ1v) is 6.16. The van der Waals surface area contributed by atoms with E-state index in [0.717, 1.165) is 10.8 Å². The zero-order valence-electron chi connectivity index (χ0n) is 9.09. The lowest BCUT2D eigenvalue weighted by Gasteiger charge is -2.03. The number of thioether (sulfide) groups is 1. The summed E-state index contributed by atoms with van der Waals surface area (Å²) in [6.07, 6.45) is 1.90. The molecule has 2 N–H and O–H groups in total. The Bertz CT molecular complexity index is 458. The SMILES string of the molecule is O=C(CCSc1ncn[nH]1)Nc1ccccc1. The molecule has 1 aromatic heterocycles. The van der Waals surface area contributed by atoms with E-state index in [-0.39, 0.29) is 5.91 Å². The van der Waals surface area contributed by atoms with Crippen molar-refractivity contribution in [2.24, 2.45) is 0 Å². The van der Waals surface area contributed by atoms with E-state index in [1.807, 2.05) is 30.3 Å². The van der Waals surface area contributed by atoms with Crippen molar-refractivity contribution < 1.29 is 4.79 Å². The Morgan fingerprint density at radius 3 is 2.88 bits per heavy atom. The van der Waals surface area contributed by atoms with Crippen LogP contribution in [0.3, 0.4) is 0 Å². The third-order valence-corrected chi connectivity index (χ3v) is 2.90. The number of carbonyl (C=O) groups is 1. The number of amides is 1. The predicted octanol–water partition coefficient (Wildman–Crippen LogP) is 1.93. The van der Waals surface area contributed by atoms with Crippen LogP contribution in [0, 0.1) is 0 Å². The summed E-state index contributed by atoms with van der Waals surface area (Å²) in [4.78, 5) is 15.5. The highest BCUT2D eigenvalue weighted by atomic mass is 32.2. The van der Waals surface area contributed by atoms with Gasteiger partial charge in [0.1, 0.15) is 6.33 Å². The van der Waals surface area contributed by atoms with Crippen molar-refractivity contribution in [3.8, 4) is 0 Å². The van der Waals surface area contributed by atoms with E-state index >= 15 is 0 Å². The van der Waals surface area contributed by atoms with Crippen LogP contribution in [0.4, 0.5) is 5.69 Å². The molecule has 1 heterocycles. The number of nitrogens with zero attached hydrogens (tertiary/aromatic N) is 2. The van der Waals surface area contributed by atoms with Crippen molar-refractivity contribution in [2.75, 3.05) is 11.1 Å². The Kier molecular flexibility index (Phi) is 4.15. The first-order chi connectivity index (χ1) is 8.34. The lowest BCUT2D eigenvalue weighted by molar-refractivity contribution is -0.115. The molecule has 0 atom stereocenters. The summed E-state index contributed by atoms with van der Waals surface area (Å²) < 4.78 is 0. The summed E-state index contributed by atoms with van der Waals surface area (Å²) in [6.45, 7) is 0. The molecule has 6 heteroatoms. The molecule has 1 aromatic carbocycles. The monoisotopic (exact) mass is 248 g/mol. The topological polar surface area (TPSA) is 70.7 Å². The Balaban J connectivity index is 1.71. The van der Waals surface area contributed by atoms with Gasteiger partial charge in [0, 0.05) is 17.9 Å². The van der Waals surface area contributed by atoms with Crippen molar-refractivity contribution in [2.45, 2.75) is 11.6 Å². The van der Waals surface area contributed by atoms with Gasteiger partial charge in [0.15, 0.2) is 5.16 Å². The van der Waals surface area contributed by atoms with E-state index in [1.54, 1.807) is 0 Å². The molecule has 2 aromatic rings. The van der Waals surface area contributed by atoms with Gasteiger partial charge < -0.3 is 5.32 Å². The second-order valence-corrected chi connectivity index (χ2v) is 4.39. The molecule has 0 saturated carbocycles. The second kappa shape index (κ2) is 6.05. The van der Waals surface area contributed by atoms with E-state index in [9.17, 15) is 4.79 Å². The standard InChI is InChI=1S/C11H12N4OS/c16-10(14-9-4-2-1-3-5-9)6-7-17-11-12-8-13-15-11/h1-5,8H,6-7H2,(H,14,16)(H,12,13,15). The number of hydrogen-bond donors (Lipinski definition) is 2. The number of H-pyrrole nitrogens is 1. The summed E-state index contributed by atoms with van der Waals surface area (Å²) in [5, 5.41) is 10.0. The Morgan fingerprint density at radius 2 is 2.18 bits per heavy atom. The number of para-hydroxylation sites is 1. The molecule has 0 saturated heterocycles. The molecule has 5 nitrogen and oxygen atoms in total. The Hall–Kier alpha value is -1.82. The number of aromatic amines is 1. The Morgan fingerprint density at radius 1 is 1.35 bits per heavy atom. The maximum Gasteiger partial charge on any atom is 0.225 e. The van der Waals surface area contributed by atoms with Crippen LogP contribution in [-0.2, 0) is 4.79 Å². The van der Waals surface area contributed by atoms with Crippen LogP contribution < -0.4 is 5.32 Å². The van der Waals surface area contributed by atoms with E-state index in [2.05, 4.69) is 20.5 Å². The highest BCUT2D eigenvalue weighted by molar-refractivity contribution is 7.99. The number of hydrogen-bond acceptors (Lipinski definition) is 4. The molecule has 0 aliphatic heterocycles. The molecule has 88 valence electrons. The number of carbonyl (C=O) groups excluding carboxylic acids is 1. The number of anilines is 1. The lowest BCUT2D eigenvalue weighted by Crippen LogP contribution is -2.11. The zero-order chi connectivity index (χ0) is 11.9. The van der Waals surface area contributed by atoms with E-state index in [0.29, 0.717) is 12.2 Å². The van der Waals surface area contributed by atoms with Gasteiger partial charge in [-0.1, -0.05) is 30.0 Å². The van der Waals surface area contributed by atoms with Crippen LogP contribution >= 0.6 is 11.8 Å². The maximum atomic E-state index is 11.6. The number of aromatic nitrogens is 3. The summed E-state index contributed by atoms with van der Waals surface area (Å²) in [5.41, 5.74) is 0.821. The quantitative estimate of drug-likeness (QED) is 0.793. The average Bonchev–Trinajstić information content (AvgIpc) is 2.83. The van der Waals surface area contributed by atoms with Gasteiger partial charge >= 0.3 is 0 Å². The first-order valence-electron chi connectivity index (χ1n) is 5.17. The largest absolute Gasteiger partial charge is 0.326 e. The number of rotatable bonds is 5. The van der Waals surface area contributed by atoms with Gasteiger partial charge in [-0.2, -0.15) is 5.10 Å². The average molecular weight is 248 g/mol. The van der Waals surface area contributed by atoms with Crippen LogP contribution in [0.15, 0.2) is 41.8 Å². The fraction of sp³-hybridized carbons (Fsp3) is 0.182. The van der Waals surface area contributed by atoms with Crippen LogP contribution in [-0.4, -0.2) is 26.8 Å². The fourth-order valence-corrected chi connectivity index (χ4v) is 1.97. The van der Waals surface area contributed by atoms with Crippen molar-refractivity contribution in [1.29, 1.82) is 0 Å². The van der Waals surface area contributed by atoms with E-state index in [1.165, 1.54) is 18.1 Å². The van der Waals surface area contributed by atoms with Crippen molar-refractivity contribution in [3.63, 3.8) is 0 Å². The van der Waals surface area contributed by atoms with Crippen LogP contribution in [0.25, 0.3) is 0 Å². The van der Waals surface area contributed by atoms with Crippen LogP contribution in [0.5, 0.6) is 0 Å². The molecule has 0 spiro atoms. The molecule has 0 aliphatic rings. The lowest BCUT2D eigenvalue weighted by atomic mass is 10.3. The minimum atomic E-state index is 0.00298. The molecule has 0 bridgehead atoms. The van der Waals surface area contributed by atoms with Gasteiger partial charge in [-0.25, -0.2) is 4.98 Å². The number of benzene rings is 1. The molecule has 0 aliphatic carbocycles. The highest BCUT2D eigenvalue weighted by Gasteiger charge is 2.03. The smallest absolute Gasteiger partial charge is 0.225 e. The van der Waals surface area contributed by atoms with Gasteiger partial charge in [0.05, 0.1) is 0 Å².